The van der Waals surface area contributed by atoms with Crippen LogP contribution in [0.2, 0.25) is 0 Å². The maximum Gasteiger partial charge on any atom is 0.328 e. The summed E-state index contributed by atoms with van der Waals surface area (Å²) in [5.41, 5.74) is 0. The van der Waals surface area contributed by atoms with Crippen molar-refractivity contribution in [2.24, 2.45) is 0 Å². The zero-order valence-electron chi connectivity index (χ0n) is 30.7. The summed E-state index contributed by atoms with van der Waals surface area (Å²) in [5.74, 6) is -2.45. The van der Waals surface area contributed by atoms with Gasteiger partial charge in [0.1, 0.15) is 12.1 Å². The Morgan fingerprint density at radius 2 is 1.18 bits per heavy atom. The molecule has 9 heteroatoms. The van der Waals surface area contributed by atoms with Gasteiger partial charge in [-0.3, -0.25) is 14.4 Å². The molecule has 2 amide bonds. The summed E-state index contributed by atoms with van der Waals surface area (Å²) in [5, 5.41) is 22.5. The van der Waals surface area contributed by atoms with E-state index in [9.17, 15) is 19.2 Å². The second-order valence-electron chi connectivity index (χ2n) is 12.7. The zero-order valence-corrected chi connectivity index (χ0v) is 30.7. The first-order valence-corrected chi connectivity index (χ1v) is 19.0. The zero-order chi connectivity index (χ0) is 36.2. The molecule has 0 aliphatic rings. The van der Waals surface area contributed by atoms with Crippen molar-refractivity contribution in [1.29, 1.82) is 0 Å². The Labute approximate surface area is 297 Å². The molecule has 0 aromatic heterocycles. The number of aliphatic hydroxyl groups excluding tert-OH is 1. The van der Waals surface area contributed by atoms with Gasteiger partial charge < -0.3 is 25.6 Å². The minimum absolute atomic E-state index is 0.145. The lowest BCUT2D eigenvalue weighted by atomic mass is 10.1. The lowest BCUT2D eigenvalue weighted by molar-refractivity contribution is -0.147. The number of nitrogens with one attached hydrogen (secondary N) is 2. The number of carbonyl (C=O) groups is 4. The number of hydrogen-bond donors (Lipinski definition) is 4. The third-order valence-electron chi connectivity index (χ3n) is 8.03. The van der Waals surface area contributed by atoms with Crippen molar-refractivity contribution < 1.29 is 34.1 Å². The fourth-order valence-corrected chi connectivity index (χ4v) is 5.03. The topological polar surface area (TPSA) is 142 Å². The highest BCUT2D eigenvalue weighted by atomic mass is 16.5. The predicted octanol–water partition coefficient (Wildman–Crippen LogP) is 8.42. The third-order valence-corrected chi connectivity index (χ3v) is 8.03. The van der Waals surface area contributed by atoms with Crippen molar-refractivity contribution in [1.82, 2.24) is 10.6 Å². The number of carboxylic acids is 1. The van der Waals surface area contributed by atoms with Gasteiger partial charge in [-0.05, 0) is 76.7 Å². The average Bonchev–Trinajstić information content (AvgIpc) is 3.08. The molecule has 0 spiro atoms. The normalized spacial score (nSPS) is 13.0. The first kappa shape index (κ1) is 45.8. The Morgan fingerprint density at radius 3 is 1.82 bits per heavy atom. The van der Waals surface area contributed by atoms with Gasteiger partial charge in [0, 0.05) is 12.8 Å². The summed E-state index contributed by atoms with van der Waals surface area (Å²) in [4.78, 5) is 47.3. The summed E-state index contributed by atoms with van der Waals surface area (Å²) in [7, 11) is 0. The minimum Gasteiger partial charge on any atom is -0.480 e. The van der Waals surface area contributed by atoms with E-state index in [1.54, 1.807) is 0 Å². The maximum absolute atomic E-state index is 12.6. The SMILES string of the molecule is CCCC/C=C\C/C=C\C(CCCCCCC(=O)NCC(=O)NC(CO)C(=O)O)OC(=O)CCCCCCC/C=C\C/C=C\CCCCC. The summed E-state index contributed by atoms with van der Waals surface area (Å²) < 4.78 is 5.85. The number of ether oxygens (including phenoxy) is 1. The van der Waals surface area contributed by atoms with Crippen molar-refractivity contribution in [2.75, 3.05) is 13.2 Å². The molecule has 0 bridgehead atoms. The lowest BCUT2D eigenvalue weighted by Crippen LogP contribution is -2.47. The third kappa shape index (κ3) is 31.8. The van der Waals surface area contributed by atoms with Crippen LogP contribution in [0.15, 0.2) is 48.6 Å². The van der Waals surface area contributed by atoms with Crippen LogP contribution in [0, 0.1) is 0 Å². The molecule has 0 aromatic rings. The van der Waals surface area contributed by atoms with Crippen LogP contribution < -0.4 is 10.6 Å². The van der Waals surface area contributed by atoms with Crippen LogP contribution in [0.3, 0.4) is 0 Å². The molecule has 2 atom stereocenters. The van der Waals surface area contributed by atoms with Crippen LogP contribution in [0.25, 0.3) is 0 Å². The number of carboxylic acid groups (broad SMARTS) is 1. The van der Waals surface area contributed by atoms with Gasteiger partial charge in [0.25, 0.3) is 0 Å². The predicted molar refractivity (Wildman–Crippen MR) is 199 cm³/mol. The molecule has 2 unspecified atom stereocenters. The number of rotatable bonds is 33. The molecule has 9 nitrogen and oxygen atoms in total. The molecule has 4 N–H and O–H groups in total. The van der Waals surface area contributed by atoms with Gasteiger partial charge in [-0.15, -0.1) is 0 Å². The highest BCUT2D eigenvalue weighted by Crippen LogP contribution is 2.14. The summed E-state index contributed by atoms with van der Waals surface area (Å²) in [6.45, 7) is 3.34. The number of allylic oxidation sites excluding steroid dienone is 7. The van der Waals surface area contributed by atoms with Crippen molar-refractivity contribution in [3.8, 4) is 0 Å². The highest BCUT2D eigenvalue weighted by Gasteiger charge is 2.18. The molecular weight excluding hydrogens is 620 g/mol. The number of hydrogen-bond acceptors (Lipinski definition) is 6. The fraction of sp³-hybridized carbons (Fsp3) is 0.700. The van der Waals surface area contributed by atoms with Gasteiger partial charge >= 0.3 is 11.9 Å². The number of amides is 2. The minimum atomic E-state index is -1.39. The van der Waals surface area contributed by atoms with E-state index in [2.05, 4.69) is 67.0 Å². The second-order valence-corrected chi connectivity index (χ2v) is 12.7. The van der Waals surface area contributed by atoms with E-state index >= 15 is 0 Å². The van der Waals surface area contributed by atoms with Gasteiger partial charge in [-0.1, -0.05) is 114 Å². The Hall–Kier alpha value is -3.20. The fourth-order valence-electron chi connectivity index (χ4n) is 5.03. The van der Waals surface area contributed by atoms with Crippen molar-refractivity contribution in [3.63, 3.8) is 0 Å². The molecule has 0 radical (unpaired) electrons. The number of carbonyl (C=O) groups excluding carboxylic acids is 3. The quantitative estimate of drug-likeness (QED) is 0.0308. The van der Waals surface area contributed by atoms with E-state index in [0.717, 1.165) is 70.6 Å². The van der Waals surface area contributed by atoms with E-state index in [1.165, 1.54) is 51.4 Å². The van der Waals surface area contributed by atoms with Crippen LogP contribution in [-0.2, 0) is 23.9 Å². The number of unbranched alkanes of at least 4 members (excludes halogenated alkanes) is 13. The standard InChI is InChI=1S/C40H68N2O7/c1-3-5-7-9-11-12-13-14-15-16-17-18-20-22-28-32-39(46)49-35(29-25-21-19-10-8-6-4-2)30-26-23-24-27-31-37(44)41-33-38(45)42-36(34-43)40(47)48/h10-12,14-15,19,25,29,35-36,43H,3-9,13,16-18,20-24,26-28,30-34H2,1-2H3,(H,41,44)(H,42,45)(H,47,48)/b12-11-,15-14-,19-10-,29-25-. The lowest BCUT2D eigenvalue weighted by Gasteiger charge is -2.15. The molecule has 0 aliphatic heterocycles. The molecule has 0 heterocycles. The molecule has 0 fully saturated rings. The van der Waals surface area contributed by atoms with Crippen molar-refractivity contribution in [2.45, 2.75) is 167 Å². The monoisotopic (exact) mass is 689 g/mol. The number of aliphatic carboxylic acids is 1. The average molecular weight is 689 g/mol. The molecule has 0 saturated carbocycles. The van der Waals surface area contributed by atoms with Crippen LogP contribution in [0.5, 0.6) is 0 Å². The smallest absolute Gasteiger partial charge is 0.328 e. The molecule has 0 aliphatic carbocycles. The van der Waals surface area contributed by atoms with Crippen LogP contribution in [0.4, 0.5) is 0 Å². The van der Waals surface area contributed by atoms with Gasteiger partial charge in [-0.2, -0.15) is 0 Å². The molecule has 0 saturated heterocycles. The Morgan fingerprint density at radius 1 is 0.633 bits per heavy atom. The molecular formula is C40H68N2O7. The van der Waals surface area contributed by atoms with Crippen LogP contribution in [0.1, 0.15) is 155 Å². The van der Waals surface area contributed by atoms with Crippen molar-refractivity contribution in [3.05, 3.63) is 48.6 Å². The van der Waals surface area contributed by atoms with Gasteiger partial charge in [0.15, 0.2) is 0 Å². The molecule has 49 heavy (non-hydrogen) atoms. The van der Waals surface area contributed by atoms with E-state index in [0.29, 0.717) is 12.8 Å². The van der Waals surface area contributed by atoms with Crippen molar-refractivity contribution >= 4 is 23.8 Å². The van der Waals surface area contributed by atoms with Crippen LogP contribution >= 0.6 is 0 Å². The highest BCUT2D eigenvalue weighted by molar-refractivity contribution is 5.87. The largest absolute Gasteiger partial charge is 0.480 e. The second kappa shape index (κ2) is 34.7. The van der Waals surface area contributed by atoms with E-state index in [4.69, 9.17) is 14.9 Å². The van der Waals surface area contributed by atoms with Crippen LogP contribution in [-0.4, -0.2) is 59.3 Å². The number of esters is 1. The number of aliphatic hydroxyl groups is 1. The Bertz CT molecular complexity index is 974. The van der Waals surface area contributed by atoms with E-state index in [-0.39, 0.29) is 30.9 Å². The molecule has 0 aromatic carbocycles. The van der Waals surface area contributed by atoms with Gasteiger partial charge in [-0.25, -0.2) is 4.79 Å². The van der Waals surface area contributed by atoms with E-state index in [1.807, 2.05) is 6.08 Å². The maximum atomic E-state index is 12.6. The summed E-state index contributed by atoms with van der Waals surface area (Å²) in [6.07, 6.45) is 38.7. The van der Waals surface area contributed by atoms with Gasteiger partial charge in [0.2, 0.25) is 11.8 Å². The molecule has 0 rings (SSSR count). The first-order chi connectivity index (χ1) is 23.8. The van der Waals surface area contributed by atoms with E-state index < -0.39 is 24.5 Å². The molecule has 280 valence electrons. The Balaban J connectivity index is 4.31. The summed E-state index contributed by atoms with van der Waals surface area (Å²) in [6, 6.07) is -1.39. The first-order valence-electron chi connectivity index (χ1n) is 19.0. The Kier molecular flexibility index (Phi) is 32.4. The van der Waals surface area contributed by atoms with Gasteiger partial charge in [0.05, 0.1) is 13.2 Å². The summed E-state index contributed by atoms with van der Waals surface area (Å²) >= 11 is 0.